The Bertz CT molecular complexity index is 532. The van der Waals surface area contributed by atoms with Crippen LogP contribution in [0.5, 0.6) is 5.75 Å². The van der Waals surface area contributed by atoms with E-state index >= 15 is 0 Å². The Labute approximate surface area is 122 Å². The van der Waals surface area contributed by atoms with Gasteiger partial charge in [-0.25, -0.2) is 0 Å². The Kier molecular flexibility index (Phi) is 5.64. The first-order chi connectivity index (χ1) is 9.44. The third kappa shape index (κ3) is 3.54. The quantitative estimate of drug-likeness (QED) is 0.336. The number of nitrogens with two attached hydrogens (primary N) is 1. The number of rotatable bonds is 5. The van der Waals surface area contributed by atoms with Crippen LogP contribution in [0, 0.1) is 12.8 Å². The minimum absolute atomic E-state index is 0.130. The molecule has 110 valence electrons. The largest absolute Gasteiger partial charge is 0.495 e. The van der Waals surface area contributed by atoms with E-state index in [0.717, 1.165) is 5.56 Å². The van der Waals surface area contributed by atoms with Crippen LogP contribution < -0.4 is 15.8 Å². The lowest BCUT2D eigenvalue weighted by Gasteiger charge is -2.16. The number of amidine groups is 1. The number of amides is 1. The fourth-order valence-electron chi connectivity index (χ4n) is 1.75. The molecule has 0 bridgehead atoms. The molecule has 4 N–H and O–H groups in total. The van der Waals surface area contributed by atoms with Crippen LogP contribution >= 0.6 is 11.6 Å². The molecular weight excluding hydrogens is 282 g/mol. The van der Waals surface area contributed by atoms with Crippen molar-refractivity contribution in [2.75, 3.05) is 12.4 Å². The first-order valence-corrected chi connectivity index (χ1v) is 6.44. The second kappa shape index (κ2) is 7.00. The van der Waals surface area contributed by atoms with Crippen LogP contribution in [0.2, 0.25) is 5.02 Å². The van der Waals surface area contributed by atoms with Crippen molar-refractivity contribution in [3.8, 4) is 5.75 Å². The van der Waals surface area contributed by atoms with Gasteiger partial charge in [-0.2, -0.15) is 0 Å². The predicted octanol–water partition coefficient (Wildman–Crippen LogP) is 2.37. The number of carbonyl (C=O) groups excluding carboxylic acids is 1. The minimum atomic E-state index is -0.708. The van der Waals surface area contributed by atoms with Gasteiger partial charge in [0.05, 0.1) is 18.7 Å². The Morgan fingerprint density at radius 3 is 2.75 bits per heavy atom. The number of oxime groups is 1. The highest BCUT2D eigenvalue weighted by Crippen LogP contribution is 2.31. The molecule has 0 radical (unpaired) electrons. The van der Waals surface area contributed by atoms with Gasteiger partial charge in [0.15, 0.2) is 5.84 Å². The maximum absolute atomic E-state index is 12.1. The SMILES string of the molecule is CCC(C(=O)Nc1cc(C)c(Cl)cc1OC)C(N)=NO. The number of carbonyl (C=O) groups is 1. The van der Waals surface area contributed by atoms with Crippen molar-refractivity contribution >= 4 is 29.0 Å². The van der Waals surface area contributed by atoms with Gasteiger partial charge in [0.2, 0.25) is 5.91 Å². The maximum atomic E-state index is 12.1. The molecule has 0 heterocycles. The molecular formula is C13H18ClN3O3. The summed E-state index contributed by atoms with van der Waals surface area (Å²) in [6.07, 6.45) is 0.413. The molecule has 0 saturated heterocycles. The van der Waals surface area contributed by atoms with Crippen molar-refractivity contribution < 1.29 is 14.7 Å². The summed E-state index contributed by atoms with van der Waals surface area (Å²) in [5.74, 6) is -0.763. The second-order valence-electron chi connectivity index (χ2n) is 4.28. The zero-order chi connectivity index (χ0) is 15.3. The molecule has 0 aliphatic rings. The maximum Gasteiger partial charge on any atom is 0.235 e. The van der Waals surface area contributed by atoms with Crippen LogP contribution in [0.25, 0.3) is 0 Å². The molecule has 0 aliphatic heterocycles. The van der Waals surface area contributed by atoms with E-state index < -0.39 is 5.92 Å². The van der Waals surface area contributed by atoms with Crippen molar-refractivity contribution in [2.24, 2.45) is 16.8 Å². The highest BCUT2D eigenvalue weighted by atomic mass is 35.5. The number of benzene rings is 1. The standard InChI is InChI=1S/C13H18ClN3O3/c1-4-8(12(15)17-19)13(18)16-10-5-7(2)9(14)6-11(10)20-3/h5-6,8,19H,4H2,1-3H3,(H2,15,17)(H,16,18). The number of nitrogens with zero attached hydrogens (tertiary/aromatic N) is 1. The molecule has 7 heteroatoms. The van der Waals surface area contributed by atoms with Gasteiger partial charge >= 0.3 is 0 Å². The number of hydrogen-bond acceptors (Lipinski definition) is 4. The Hall–Kier alpha value is -1.95. The summed E-state index contributed by atoms with van der Waals surface area (Å²) in [4.78, 5) is 12.1. The van der Waals surface area contributed by atoms with Crippen molar-refractivity contribution in [3.63, 3.8) is 0 Å². The number of nitrogens with one attached hydrogen (secondary N) is 1. The Morgan fingerprint density at radius 1 is 1.60 bits per heavy atom. The number of hydrogen-bond donors (Lipinski definition) is 3. The van der Waals surface area contributed by atoms with Gasteiger partial charge in [0.1, 0.15) is 5.75 Å². The number of halogens is 1. The molecule has 0 saturated carbocycles. The van der Waals surface area contributed by atoms with Gasteiger partial charge < -0.3 is 21.0 Å². The van der Waals surface area contributed by atoms with E-state index in [1.165, 1.54) is 7.11 Å². The second-order valence-corrected chi connectivity index (χ2v) is 4.68. The Balaban J connectivity index is 3.03. The van der Waals surface area contributed by atoms with Crippen molar-refractivity contribution in [1.82, 2.24) is 0 Å². The minimum Gasteiger partial charge on any atom is -0.495 e. The van der Waals surface area contributed by atoms with Gasteiger partial charge in [-0.05, 0) is 25.0 Å². The predicted molar refractivity (Wildman–Crippen MR) is 78.6 cm³/mol. The third-order valence-corrected chi connectivity index (χ3v) is 3.34. The molecule has 1 aromatic carbocycles. The summed E-state index contributed by atoms with van der Waals surface area (Å²) < 4.78 is 5.17. The average molecular weight is 300 g/mol. The summed E-state index contributed by atoms with van der Waals surface area (Å²) in [6, 6.07) is 3.33. The first-order valence-electron chi connectivity index (χ1n) is 6.07. The van der Waals surface area contributed by atoms with Crippen LogP contribution in [-0.2, 0) is 4.79 Å². The number of aryl methyl sites for hydroxylation is 1. The van der Waals surface area contributed by atoms with Crippen molar-refractivity contribution in [1.29, 1.82) is 0 Å². The fourth-order valence-corrected chi connectivity index (χ4v) is 1.90. The summed E-state index contributed by atoms with van der Waals surface area (Å²) in [6.45, 7) is 3.59. The monoisotopic (exact) mass is 299 g/mol. The zero-order valence-electron chi connectivity index (χ0n) is 11.6. The molecule has 0 aliphatic carbocycles. The average Bonchev–Trinajstić information content (AvgIpc) is 2.43. The van der Waals surface area contributed by atoms with Crippen LogP contribution in [-0.4, -0.2) is 24.1 Å². The summed E-state index contributed by atoms with van der Waals surface area (Å²) in [5, 5.41) is 14.8. The zero-order valence-corrected chi connectivity index (χ0v) is 12.4. The van der Waals surface area contributed by atoms with Crippen LogP contribution in [0.3, 0.4) is 0 Å². The number of ether oxygens (including phenoxy) is 1. The van der Waals surface area contributed by atoms with E-state index in [9.17, 15) is 4.79 Å². The summed E-state index contributed by atoms with van der Waals surface area (Å²) >= 11 is 6.00. The molecule has 1 aromatic rings. The topological polar surface area (TPSA) is 96.9 Å². The van der Waals surface area contributed by atoms with Crippen molar-refractivity contribution in [3.05, 3.63) is 22.7 Å². The van der Waals surface area contributed by atoms with E-state index in [1.54, 1.807) is 19.1 Å². The normalized spacial score (nSPS) is 12.9. The molecule has 0 aromatic heterocycles. The summed E-state index contributed by atoms with van der Waals surface area (Å²) in [7, 11) is 1.48. The molecule has 1 unspecified atom stereocenters. The third-order valence-electron chi connectivity index (χ3n) is 2.94. The van der Waals surface area contributed by atoms with Crippen molar-refractivity contribution in [2.45, 2.75) is 20.3 Å². The van der Waals surface area contributed by atoms with Crippen LogP contribution in [0.4, 0.5) is 5.69 Å². The molecule has 20 heavy (non-hydrogen) atoms. The molecule has 0 spiro atoms. The van der Waals surface area contributed by atoms with E-state index in [4.69, 9.17) is 27.3 Å². The van der Waals surface area contributed by atoms with E-state index in [0.29, 0.717) is 22.9 Å². The molecule has 1 amide bonds. The first kappa shape index (κ1) is 16.1. The van der Waals surface area contributed by atoms with Crippen LogP contribution in [0.15, 0.2) is 17.3 Å². The Morgan fingerprint density at radius 2 is 2.25 bits per heavy atom. The van der Waals surface area contributed by atoms with Gasteiger partial charge in [-0.3, -0.25) is 4.79 Å². The molecule has 1 rings (SSSR count). The van der Waals surface area contributed by atoms with Gasteiger partial charge in [0.25, 0.3) is 0 Å². The van der Waals surface area contributed by atoms with E-state index in [1.807, 2.05) is 6.92 Å². The lowest BCUT2D eigenvalue weighted by atomic mass is 10.0. The van der Waals surface area contributed by atoms with Crippen LogP contribution in [0.1, 0.15) is 18.9 Å². The van der Waals surface area contributed by atoms with Gasteiger partial charge in [0, 0.05) is 11.1 Å². The fraction of sp³-hybridized carbons (Fsp3) is 0.385. The lowest BCUT2D eigenvalue weighted by molar-refractivity contribution is -0.118. The van der Waals surface area contributed by atoms with E-state index in [-0.39, 0.29) is 11.7 Å². The number of anilines is 1. The summed E-state index contributed by atoms with van der Waals surface area (Å²) in [5.41, 5.74) is 6.79. The van der Waals surface area contributed by atoms with Gasteiger partial charge in [-0.15, -0.1) is 0 Å². The van der Waals surface area contributed by atoms with Gasteiger partial charge in [-0.1, -0.05) is 23.7 Å². The lowest BCUT2D eigenvalue weighted by Crippen LogP contribution is -2.34. The number of methoxy groups -OCH3 is 1. The molecule has 6 nitrogen and oxygen atoms in total. The smallest absolute Gasteiger partial charge is 0.235 e. The molecule has 0 fully saturated rings. The highest BCUT2D eigenvalue weighted by Gasteiger charge is 2.22. The molecule has 1 atom stereocenters. The van der Waals surface area contributed by atoms with E-state index in [2.05, 4.69) is 10.5 Å². The highest BCUT2D eigenvalue weighted by molar-refractivity contribution is 6.31.